The molecule has 1 aromatic heterocycles. The SMILES string of the molecule is CON1C(=O)n2c(cc3ccc(C)cc32)C1CC(=O)O. The summed E-state index contributed by atoms with van der Waals surface area (Å²) in [4.78, 5) is 28.4. The van der Waals surface area contributed by atoms with Gasteiger partial charge in [0.05, 0.1) is 24.7 Å². The summed E-state index contributed by atoms with van der Waals surface area (Å²) in [6.45, 7) is 1.95. The number of carboxylic acids is 1. The third kappa shape index (κ3) is 1.69. The van der Waals surface area contributed by atoms with Crippen LogP contribution in [0.5, 0.6) is 0 Å². The van der Waals surface area contributed by atoms with Crippen molar-refractivity contribution in [3.63, 3.8) is 0 Å². The summed E-state index contributed by atoms with van der Waals surface area (Å²) in [5.74, 6) is -0.972. The van der Waals surface area contributed by atoms with E-state index in [1.807, 2.05) is 31.2 Å². The molecule has 1 aromatic carbocycles. The third-order valence-corrected chi connectivity index (χ3v) is 3.56. The Morgan fingerprint density at radius 3 is 2.80 bits per heavy atom. The van der Waals surface area contributed by atoms with Crippen molar-refractivity contribution in [1.29, 1.82) is 0 Å². The predicted octanol–water partition coefficient (Wildman–Crippen LogP) is 2.31. The zero-order valence-electron chi connectivity index (χ0n) is 11.2. The second-order valence-electron chi connectivity index (χ2n) is 4.87. The molecule has 1 unspecified atom stereocenters. The number of aliphatic carboxylic acids is 1. The molecule has 104 valence electrons. The molecule has 6 heteroatoms. The Bertz CT molecular complexity index is 719. The number of aromatic nitrogens is 1. The van der Waals surface area contributed by atoms with Gasteiger partial charge in [0.25, 0.3) is 0 Å². The first-order valence-electron chi connectivity index (χ1n) is 6.24. The molecular formula is C14H14N2O4. The van der Waals surface area contributed by atoms with Crippen molar-refractivity contribution in [2.75, 3.05) is 7.11 Å². The fourth-order valence-electron chi connectivity index (χ4n) is 2.70. The van der Waals surface area contributed by atoms with Crippen LogP contribution in [0.25, 0.3) is 10.9 Å². The van der Waals surface area contributed by atoms with E-state index >= 15 is 0 Å². The molecule has 0 aliphatic carbocycles. The zero-order valence-corrected chi connectivity index (χ0v) is 11.2. The summed E-state index contributed by atoms with van der Waals surface area (Å²) < 4.78 is 1.53. The van der Waals surface area contributed by atoms with E-state index < -0.39 is 12.0 Å². The molecular weight excluding hydrogens is 260 g/mol. The van der Waals surface area contributed by atoms with Gasteiger partial charge in [-0.2, -0.15) is 5.06 Å². The fraction of sp³-hybridized carbons (Fsp3) is 0.286. The van der Waals surface area contributed by atoms with E-state index in [1.165, 1.54) is 11.7 Å². The zero-order chi connectivity index (χ0) is 14.4. The number of carbonyl (C=O) groups is 2. The van der Waals surface area contributed by atoms with Gasteiger partial charge in [0.1, 0.15) is 6.04 Å². The Morgan fingerprint density at radius 2 is 2.15 bits per heavy atom. The number of hydrogen-bond acceptors (Lipinski definition) is 3. The molecule has 0 radical (unpaired) electrons. The molecule has 1 amide bonds. The normalized spacial score (nSPS) is 17.8. The lowest BCUT2D eigenvalue weighted by Gasteiger charge is -2.19. The van der Waals surface area contributed by atoms with Crippen molar-refractivity contribution < 1.29 is 19.5 Å². The smallest absolute Gasteiger partial charge is 0.353 e. The summed E-state index contributed by atoms with van der Waals surface area (Å²) in [6.07, 6.45) is -0.186. The van der Waals surface area contributed by atoms with Crippen LogP contribution in [0.15, 0.2) is 24.3 Å². The third-order valence-electron chi connectivity index (χ3n) is 3.56. The molecule has 1 atom stereocenters. The number of carbonyl (C=O) groups excluding carboxylic acids is 1. The summed E-state index contributed by atoms with van der Waals surface area (Å²) in [5, 5.41) is 11.1. The number of nitrogens with zero attached hydrogens (tertiary/aromatic N) is 2. The standard InChI is InChI=1S/C14H14N2O4/c1-8-3-4-9-6-11-12(7-13(17)18)16(20-2)14(19)15(11)10(9)5-8/h3-6,12H,7H2,1-2H3,(H,17,18). The Hall–Kier alpha value is -2.34. The molecule has 2 aromatic rings. The fourth-order valence-corrected chi connectivity index (χ4v) is 2.70. The highest BCUT2D eigenvalue weighted by Crippen LogP contribution is 2.37. The molecule has 0 saturated carbocycles. The van der Waals surface area contributed by atoms with E-state index in [1.54, 1.807) is 0 Å². The monoisotopic (exact) mass is 274 g/mol. The molecule has 20 heavy (non-hydrogen) atoms. The maximum atomic E-state index is 12.4. The Balaban J connectivity index is 2.20. The van der Waals surface area contributed by atoms with Crippen LogP contribution in [0.4, 0.5) is 4.79 Å². The van der Waals surface area contributed by atoms with Gasteiger partial charge >= 0.3 is 12.0 Å². The Kier molecular flexibility index (Phi) is 2.76. The molecule has 2 heterocycles. The first-order chi connectivity index (χ1) is 9.52. The summed E-state index contributed by atoms with van der Waals surface area (Å²) in [7, 11) is 1.37. The number of rotatable bonds is 3. The maximum absolute atomic E-state index is 12.4. The number of hydroxylamine groups is 2. The van der Waals surface area contributed by atoms with Crippen molar-refractivity contribution in [1.82, 2.24) is 9.63 Å². The largest absolute Gasteiger partial charge is 0.481 e. The molecule has 0 saturated heterocycles. The van der Waals surface area contributed by atoms with Crippen LogP contribution in [0, 0.1) is 6.92 Å². The highest BCUT2D eigenvalue weighted by Gasteiger charge is 2.40. The summed E-state index contributed by atoms with van der Waals surface area (Å²) in [6, 6.07) is 6.70. The minimum atomic E-state index is -0.972. The van der Waals surface area contributed by atoms with Crippen LogP contribution in [0.3, 0.4) is 0 Å². The average molecular weight is 274 g/mol. The van der Waals surface area contributed by atoms with Gasteiger partial charge in [-0.15, -0.1) is 0 Å². The van der Waals surface area contributed by atoms with E-state index in [4.69, 9.17) is 9.94 Å². The summed E-state index contributed by atoms with van der Waals surface area (Å²) >= 11 is 0. The number of aryl methyl sites for hydroxylation is 1. The lowest BCUT2D eigenvalue weighted by molar-refractivity contribution is -0.146. The van der Waals surface area contributed by atoms with Crippen LogP contribution in [-0.2, 0) is 9.63 Å². The molecule has 1 aliphatic rings. The quantitative estimate of drug-likeness (QED) is 0.932. The topological polar surface area (TPSA) is 71.8 Å². The molecule has 1 N–H and O–H groups in total. The van der Waals surface area contributed by atoms with Gasteiger partial charge in [-0.3, -0.25) is 14.2 Å². The maximum Gasteiger partial charge on any atom is 0.353 e. The van der Waals surface area contributed by atoms with Crippen LogP contribution >= 0.6 is 0 Å². The van der Waals surface area contributed by atoms with Gasteiger partial charge in [0.2, 0.25) is 0 Å². The van der Waals surface area contributed by atoms with Gasteiger partial charge < -0.3 is 5.11 Å². The van der Waals surface area contributed by atoms with Crippen LogP contribution in [-0.4, -0.2) is 33.8 Å². The van der Waals surface area contributed by atoms with E-state index in [9.17, 15) is 9.59 Å². The van der Waals surface area contributed by atoms with E-state index in [0.717, 1.165) is 21.5 Å². The number of fused-ring (bicyclic) bond motifs is 3. The average Bonchev–Trinajstić information content (AvgIpc) is 2.86. The van der Waals surface area contributed by atoms with Gasteiger partial charge in [0.15, 0.2) is 0 Å². The Labute approximate surface area is 115 Å². The van der Waals surface area contributed by atoms with Crippen LogP contribution in [0.2, 0.25) is 0 Å². The van der Waals surface area contributed by atoms with Crippen LogP contribution in [0.1, 0.15) is 23.7 Å². The first kappa shape index (κ1) is 12.7. The van der Waals surface area contributed by atoms with Crippen molar-refractivity contribution in [3.8, 4) is 0 Å². The number of carboxylic acid groups (broad SMARTS) is 1. The summed E-state index contributed by atoms with van der Waals surface area (Å²) in [5.41, 5.74) is 2.47. The first-order valence-corrected chi connectivity index (χ1v) is 6.24. The molecule has 3 rings (SSSR count). The minimum absolute atomic E-state index is 0.186. The minimum Gasteiger partial charge on any atom is -0.481 e. The van der Waals surface area contributed by atoms with E-state index in [0.29, 0.717) is 5.69 Å². The molecule has 1 aliphatic heterocycles. The second-order valence-corrected chi connectivity index (χ2v) is 4.87. The highest BCUT2D eigenvalue weighted by molar-refractivity contribution is 5.95. The van der Waals surface area contributed by atoms with Crippen molar-refractivity contribution >= 4 is 22.9 Å². The molecule has 0 spiro atoms. The van der Waals surface area contributed by atoms with Gasteiger partial charge in [-0.25, -0.2) is 4.79 Å². The lowest BCUT2D eigenvalue weighted by atomic mass is 10.1. The van der Waals surface area contributed by atoms with E-state index in [-0.39, 0.29) is 12.5 Å². The lowest BCUT2D eigenvalue weighted by Crippen LogP contribution is -2.29. The number of amides is 1. The van der Waals surface area contributed by atoms with Gasteiger partial charge in [-0.1, -0.05) is 12.1 Å². The number of benzene rings is 1. The second kappa shape index (κ2) is 4.35. The van der Waals surface area contributed by atoms with E-state index in [2.05, 4.69) is 0 Å². The predicted molar refractivity (Wildman–Crippen MR) is 71.3 cm³/mol. The van der Waals surface area contributed by atoms with Crippen LogP contribution < -0.4 is 0 Å². The van der Waals surface area contributed by atoms with Gasteiger partial charge in [-0.05, 0) is 24.6 Å². The molecule has 0 bridgehead atoms. The van der Waals surface area contributed by atoms with Crippen molar-refractivity contribution in [3.05, 3.63) is 35.5 Å². The number of hydrogen-bond donors (Lipinski definition) is 1. The Morgan fingerprint density at radius 1 is 1.40 bits per heavy atom. The van der Waals surface area contributed by atoms with Crippen molar-refractivity contribution in [2.45, 2.75) is 19.4 Å². The molecule has 0 fully saturated rings. The van der Waals surface area contributed by atoms with Gasteiger partial charge in [0, 0.05) is 5.39 Å². The molecule has 6 nitrogen and oxygen atoms in total. The highest BCUT2D eigenvalue weighted by atomic mass is 16.7. The van der Waals surface area contributed by atoms with Crippen molar-refractivity contribution in [2.24, 2.45) is 0 Å².